The summed E-state index contributed by atoms with van der Waals surface area (Å²) in [5.41, 5.74) is 1.29. The second kappa shape index (κ2) is 8.40. The number of hydrogen-bond donors (Lipinski definition) is 1. The molecule has 3 heteroatoms. The summed E-state index contributed by atoms with van der Waals surface area (Å²) in [6.45, 7) is 6.26. The van der Waals surface area contributed by atoms with Gasteiger partial charge in [0, 0.05) is 12.5 Å². The van der Waals surface area contributed by atoms with Crippen LogP contribution < -0.4 is 0 Å². The molecule has 1 N–H and O–H groups in total. The summed E-state index contributed by atoms with van der Waals surface area (Å²) in [7, 11) is 0. The first-order valence-electron chi connectivity index (χ1n) is 7.79. The molecule has 0 aromatic heterocycles. The predicted octanol–water partition coefficient (Wildman–Crippen LogP) is 2.65. The van der Waals surface area contributed by atoms with Gasteiger partial charge in [-0.05, 0) is 31.5 Å². The van der Waals surface area contributed by atoms with Gasteiger partial charge >= 0.3 is 0 Å². The van der Waals surface area contributed by atoms with E-state index in [9.17, 15) is 5.11 Å². The van der Waals surface area contributed by atoms with Crippen molar-refractivity contribution in [2.24, 2.45) is 0 Å². The Morgan fingerprint density at radius 3 is 2.50 bits per heavy atom. The Hall–Kier alpha value is -0.900. The van der Waals surface area contributed by atoms with Gasteiger partial charge in [-0.3, -0.25) is 0 Å². The maximum atomic E-state index is 10.0. The van der Waals surface area contributed by atoms with Crippen molar-refractivity contribution in [1.82, 2.24) is 4.90 Å². The van der Waals surface area contributed by atoms with Gasteiger partial charge in [0.15, 0.2) is 0 Å². The first-order valence-corrected chi connectivity index (χ1v) is 7.79. The van der Waals surface area contributed by atoms with Gasteiger partial charge in [-0.15, -0.1) is 0 Å². The zero-order chi connectivity index (χ0) is 14.2. The number of ether oxygens (including phenoxy) is 1. The van der Waals surface area contributed by atoms with E-state index in [2.05, 4.69) is 36.1 Å². The normalized spacial score (nSPS) is 19.7. The highest BCUT2D eigenvalue weighted by atomic mass is 16.5. The molecule has 1 saturated heterocycles. The molecule has 2 rings (SSSR count). The third-order valence-electron chi connectivity index (χ3n) is 3.96. The first-order chi connectivity index (χ1) is 9.75. The number of hydrogen-bond acceptors (Lipinski definition) is 3. The third kappa shape index (κ3) is 5.23. The fourth-order valence-electron chi connectivity index (χ4n) is 2.75. The maximum absolute atomic E-state index is 10.0. The second-order valence-corrected chi connectivity index (χ2v) is 5.86. The van der Waals surface area contributed by atoms with Gasteiger partial charge < -0.3 is 14.7 Å². The Kier molecular flexibility index (Phi) is 6.51. The van der Waals surface area contributed by atoms with Gasteiger partial charge in [0.05, 0.1) is 19.3 Å². The molecule has 0 saturated carbocycles. The number of piperidine rings is 1. The number of β-amino-alcohol motifs (C(OH)–C–C–N with tert-alkyl or cyclic N) is 1. The standard InChI is InChI=1S/C17H27NO2/c1-15(16-8-4-2-5-9-16)13-20-14-17(19)12-18-10-6-3-7-11-18/h2,4-5,8-9,15,17,19H,3,6-7,10-14H2,1H3/t15-,17+/m1/s1. The highest BCUT2D eigenvalue weighted by molar-refractivity contribution is 5.18. The molecule has 1 aromatic rings. The molecule has 3 nitrogen and oxygen atoms in total. The van der Waals surface area contributed by atoms with Crippen LogP contribution in [0.1, 0.15) is 37.7 Å². The second-order valence-electron chi connectivity index (χ2n) is 5.86. The fourth-order valence-corrected chi connectivity index (χ4v) is 2.75. The number of aliphatic hydroxyl groups is 1. The summed E-state index contributed by atoms with van der Waals surface area (Å²) < 4.78 is 5.68. The SMILES string of the molecule is C[C@H](COC[C@@H](O)CN1CCCCC1)c1ccccc1. The molecular weight excluding hydrogens is 250 g/mol. The van der Waals surface area contributed by atoms with Gasteiger partial charge in [0.1, 0.15) is 0 Å². The van der Waals surface area contributed by atoms with Crippen molar-refractivity contribution in [2.75, 3.05) is 32.8 Å². The van der Waals surface area contributed by atoms with Crippen molar-refractivity contribution in [3.05, 3.63) is 35.9 Å². The van der Waals surface area contributed by atoms with Crippen molar-refractivity contribution in [3.8, 4) is 0 Å². The highest BCUT2D eigenvalue weighted by Gasteiger charge is 2.15. The van der Waals surface area contributed by atoms with Crippen molar-refractivity contribution in [2.45, 2.75) is 38.2 Å². The van der Waals surface area contributed by atoms with E-state index in [0.717, 1.165) is 19.6 Å². The van der Waals surface area contributed by atoms with Gasteiger partial charge in [-0.25, -0.2) is 0 Å². The van der Waals surface area contributed by atoms with E-state index in [0.29, 0.717) is 19.1 Å². The lowest BCUT2D eigenvalue weighted by Crippen LogP contribution is -2.38. The van der Waals surface area contributed by atoms with E-state index in [-0.39, 0.29) is 6.10 Å². The molecule has 0 bridgehead atoms. The molecular formula is C17H27NO2. The third-order valence-corrected chi connectivity index (χ3v) is 3.96. The van der Waals surface area contributed by atoms with E-state index in [4.69, 9.17) is 4.74 Å². The quantitative estimate of drug-likeness (QED) is 0.831. The predicted molar refractivity (Wildman–Crippen MR) is 82.0 cm³/mol. The van der Waals surface area contributed by atoms with E-state index in [1.54, 1.807) is 0 Å². The minimum Gasteiger partial charge on any atom is -0.389 e. The summed E-state index contributed by atoms with van der Waals surface area (Å²) in [5, 5.41) is 10.0. The Morgan fingerprint density at radius 2 is 1.80 bits per heavy atom. The number of rotatable bonds is 7. The molecule has 2 atom stereocenters. The fraction of sp³-hybridized carbons (Fsp3) is 0.647. The monoisotopic (exact) mass is 277 g/mol. The van der Waals surface area contributed by atoms with Gasteiger partial charge in [-0.2, -0.15) is 0 Å². The molecule has 1 fully saturated rings. The van der Waals surface area contributed by atoms with E-state index < -0.39 is 0 Å². The summed E-state index contributed by atoms with van der Waals surface area (Å²) in [6.07, 6.45) is 3.49. The molecule has 1 aromatic carbocycles. The van der Waals surface area contributed by atoms with Crippen LogP contribution in [0, 0.1) is 0 Å². The van der Waals surface area contributed by atoms with Crippen molar-refractivity contribution in [1.29, 1.82) is 0 Å². The molecule has 0 unspecified atom stereocenters. The molecule has 0 amide bonds. The lowest BCUT2D eigenvalue weighted by molar-refractivity contribution is 0.0102. The van der Waals surface area contributed by atoms with Gasteiger partial charge in [0.2, 0.25) is 0 Å². The molecule has 0 spiro atoms. The zero-order valence-electron chi connectivity index (χ0n) is 12.5. The Bertz CT molecular complexity index is 363. The smallest absolute Gasteiger partial charge is 0.0900 e. The molecule has 0 aliphatic carbocycles. The average molecular weight is 277 g/mol. The van der Waals surface area contributed by atoms with E-state index >= 15 is 0 Å². The van der Waals surface area contributed by atoms with Crippen LogP contribution in [0.3, 0.4) is 0 Å². The van der Waals surface area contributed by atoms with Crippen LogP contribution in [0.5, 0.6) is 0 Å². The topological polar surface area (TPSA) is 32.7 Å². The Balaban J connectivity index is 1.62. The van der Waals surface area contributed by atoms with E-state index in [1.165, 1.54) is 24.8 Å². The summed E-state index contributed by atoms with van der Waals surface area (Å²) >= 11 is 0. The summed E-state index contributed by atoms with van der Waals surface area (Å²) in [6, 6.07) is 10.4. The minimum absolute atomic E-state index is 0.365. The average Bonchev–Trinajstić information content (AvgIpc) is 2.49. The van der Waals surface area contributed by atoms with Crippen LogP contribution in [-0.2, 0) is 4.74 Å². The maximum Gasteiger partial charge on any atom is 0.0900 e. The molecule has 112 valence electrons. The van der Waals surface area contributed by atoms with Crippen LogP contribution in [-0.4, -0.2) is 49.0 Å². The lowest BCUT2D eigenvalue weighted by Gasteiger charge is -2.28. The van der Waals surface area contributed by atoms with Crippen molar-refractivity contribution < 1.29 is 9.84 Å². The Labute approximate surface area is 122 Å². The van der Waals surface area contributed by atoms with Gasteiger partial charge in [-0.1, -0.05) is 43.7 Å². The minimum atomic E-state index is -0.365. The lowest BCUT2D eigenvalue weighted by atomic mass is 10.0. The molecule has 1 aliphatic heterocycles. The van der Waals surface area contributed by atoms with Crippen LogP contribution >= 0.6 is 0 Å². The Morgan fingerprint density at radius 1 is 1.10 bits per heavy atom. The van der Waals surface area contributed by atoms with Crippen molar-refractivity contribution in [3.63, 3.8) is 0 Å². The largest absolute Gasteiger partial charge is 0.389 e. The number of aliphatic hydroxyl groups excluding tert-OH is 1. The highest BCUT2D eigenvalue weighted by Crippen LogP contribution is 2.15. The molecule has 1 aliphatic rings. The van der Waals surface area contributed by atoms with Crippen LogP contribution in [0.15, 0.2) is 30.3 Å². The first kappa shape index (κ1) is 15.5. The summed E-state index contributed by atoms with van der Waals surface area (Å²) in [5.74, 6) is 0.374. The number of likely N-dealkylation sites (tertiary alicyclic amines) is 1. The number of nitrogens with zero attached hydrogens (tertiary/aromatic N) is 1. The number of benzene rings is 1. The molecule has 20 heavy (non-hydrogen) atoms. The molecule has 0 radical (unpaired) electrons. The van der Waals surface area contributed by atoms with Crippen LogP contribution in [0.4, 0.5) is 0 Å². The zero-order valence-corrected chi connectivity index (χ0v) is 12.5. The summed E-state index contributed by atoms with van der Waals surface area (Å²) in [4.78, 5) is 2.35. The molecule has 1 heterocycles. The van der Waals surface area contributed by atoms with E-state index in [1.807, 2.05) is 6.07 Å². The van der Waals surface area contributed by atoms with Crippen LogP contribution in [0.2, 0.25) is 0 Å². The van der Waals surface area contributed by atoms with Crippen molar-refractivity contribution >= 4 is 0 Å². The van der Waals surface area contributed by atoms with Gasteiger partial charge in [0.25, 0.3) is 0 Å². The van der Waals surface area contributed by atoms with Crippen LogP contribution in [0.25, 0.3) is 0 Å².